The fourth-order valence-corrected chi connectivity index (χ4v) is 2.85. The smallest absolute Gasteiger partial charge is 0.274 e. The zero-order chi connectivity index (χ0) is 17.5. The summed E-state index contributed by atoms with van der Waals surface area (Å²) in [4.78, 5) is 18.3. The van der Waals surface area contributed by atoms with Crippen LogP contribution in [0.25, 0.3) is 0 Å². The molecule has 1 fully saturated rings. The first-order chi connectivity index (χ1) is 12.3. The summed E-state index contributed by atoms with van der Waals surface area (Å²) in [6.45, 7) is 5.21. The maximum Gasteiger partial charge on any atom is 0.274 e. The molecule has 2 aromatic heterocycles. The van der Waals surface area contributed by atoms with Crippen LogP contribution in [0, 0.1) is 0 Å². The average Bonchev–Trinajstić information content (AvgIpc) is 3.15. The quantitative estimate of drug-likeness (QED) is 0.719. The molecule has 0 spiro atoms. The van der Waals surface area contributed by atoms with Gasteiger partial charge in [-0.15, -0.1) is 0 Å². The first-order valence-electron chi connectivity index (χ1n) is 8.73. The van der Waals surface area contributed by atoms with Gasteiger partial charge in [0.1, 0.15) is 18.1 Å². The minimum Gasteiger partial charge on any atom is -0.490 e. The highest BCUT2D eigenvalue weighted by Gasteiger charge is 2.25. The standard InChI is InChI=1S/C18H24N4O3/c1-2-22-11-7-17(20-22)18(23)21-9-5-15(6-10-21)24-12-13-25-16-4-3-8-19-14-16/h3-4,7-8,11,14-15H,2,5-6,9-10,12-13H2,1H3. The highest BCUT2D eigenvalue weighted by molar-refractivity contribution is 5.92. The van der Waals surface area contributed by atoms with Gasteiger partial charge in [-0.3, -0.25) is 14.5 Å². The number of likely N-dealkylation sites (tertiary alicyclic amines) is 1. The molecule has 0 aliphatic carbocycles. The molecule has 1 amide bonds. The van der Waals surface area contributed by atoms with E-state index in [1.807, 2.05) is 30.2 Å². The monoisotopic (exact) mass is 344 g/mol. The Morgan fingerprint density at radius 1 is 1.28 bits per heavy atom. The first kappa shape index (κ1) is 17.4. The van der Waals surface area contributed by atoms with Crippen LogP contribution in [-0.4, -0.2) is 58.0 Å². The van der Waals surface area contributed by atoms with Gasteiger partial charge < -0.3 is 14.4 Å². The Morgan fingerprint density at radius 3 is 2.80 bits per heavy atom. The van der Waals surface area contributed by atoms with Crippen molar-refractivity contribution in [3.8, 4) is 5.75 Å². The van der Waals surface area contributed by atoms with Crippen molar-refractivity contribution < 1.29 is 14.3 Å². The third-order valence-corrected chi connectivity index (χ3v) is 4.25. The Labute approximate surface area is 147 Å². The summed E-state index contributed by atoms with van der Waals surface area (Å²) >= 11 is 0. The summed E-state index contributed by atoms with van der Waals surface area (Å²) in [5.74, 6) is 0.753. The van der Waals surface area contributed by atoms with E-state index in [1.165, 1.54) is 0 Å². The maximum atomic E-state index is 12.4. The van der Waals surface area contributed by atoms with Gasteiger partial charge in [0.2, 0.25) is 0 Å². The summed E-state index contributed by atoms with van der Waals surface area (Å²) in [7, 11) is 0. The molecule has 0 radical (unpaired) electrons. The maximum absolute atomic E-state index is 12.4. The Balaban J connectivity index is 1.36. The number of ether oxygens (including phenoxy) is 2. The highest BCUT2D eigenvalue weighted by Crippen LogP contribution is 2.16. The third kappa shape index (κ3) is 4.79. The normalized spacial score (nSPS) is 15.3. The number of aromatic nitrogens is 3. The van der Waals surface area contributed by atoms with E-state index in [-0.39, 0.29) is 12.0 Å². The van der Waals surface area contributed by atoms with Crippen LogP contribution >= 0.6 is 0 Å². The lowest BCUT2D eigenvalue weighted by Gasteiger charge is -2.31. The molecule has 0 saturated carbocycles. The van der Waals surface area contributed by atoms with Crippen molar-refractivity contribution in [2.45, 2.75) is 32.4 Å². The molecule has 0 bridgehead atoms. The summed E-state index contributed by atoms with van der Waals surface area (Å²) in [6.07, 6.45) is 7.09. The number of carbonyl (C=O) groups is 1. The van der Waals surface area contributed by atoms with Crippen LogP contribution in [-0.2, 0) is 11.3 Å². The molecular weight excluding hydrogens is 320 g/mol. The molecule has 0 N–H and O–H groups in total. The van der Waals surface area contributed by atoms with E-state index < -0.39 is 0 Å². The molecule has 1 aliphatic heterocycles. The first-order valence-corrected chi connectivity index (χ1v) is 8.73. The van der Waals surface area contributed by atoms with Crippen LogP contribution in [0.3, 0.4) is 0 Å². The van der Waals surface area contributed by atoms with Crippen molar-refractivity contribution in [3.05, 3.63) is 42.5 Å². The lowest BCUT2D eigenvalue weighted by molar-refractivity contribution is -0.00254. The fraction of sp³-hybridized carbons (Fsp3) is 0.500. The second kappa shape index (κ2) is 8.62. The van der Waals surface area contributed by atoms with E-state index in [0.29, 0.717) is 32.0 Å². The molecule has 0 atom stereocenters. The molecular formula is C18H24N4O3. The molecule has 25 heavy (non-hydrogen) atoms. The lowest BCUT2D eigenvalue weighted by Crippen LogP contribution is -2.41. The van der Waals surface area contributed by atoms with Crippen LogP contribution in [0.4, 0.5) is 0 Å². The van der Waals surface area contributed by atoms with Gasteiger partial charge in [0.05, 0.1) is 18.9 Å². The van der Waals surface area contributed by atoms with Crippen molar-refractivity contribution in [1.29, 1.82) is 0 Å². The number of amides is 1. The van der Waals surface area contributed by atoms with Gasteiger partial charge in [-0.25, -0.2) is 0 Å². The number of aryl methyl sites for hydroxylation is 1. The van der Waals surface area contributed by atoms with Crippen LogP contribution in [0.5, 0.6) is 5.75 Å². The zero-order valence-corrected chi connectivity index (χ0v) is 14.5. The molecule has 3 heterocycles. The predicted octanol–water partition coefficient (Wildman–Crippen LogP) is 2.00. The summed E-state index contributed by atoms with van der Waals surface area (Å²) < 4.78 is 13.2. The fourth-order valence-electron chi connectivity index (χ4n) is 2.85. The number of hydrogen-bond donors (Lipinski definition) is 0. The molecule has 0 unspecified atom stereocenters. The number of rotatable bonds is 7. The van der Waals surface area contributed by atoms with Gasteiger partial charge >= 0.3 is 0 Å². The van der Waals surface area contributed by atoms with Gasteiger partial charge in [-0.05, 0) is 38.0 Å². The van der Waals surface area contributed by atoms with E-state index in [0.717, 1.165) is 25.1 Å². The SMILES string of the molecule is CCn1ccc(C(=O)N2CCC(OCCOc3cccnc3)CC2)n1. The Bertz CT molecular complexity index is 666. The van der Waals surface area contributed by atoms with Gasteiger partial charge in [-0.1, -0.05) is 0 Å². The van der Waals surface area contributed by atoms with E-state index in [4.69, 9.17) is 9.47 Å². The Morgan fingerprint density at radius 2 is 2.12 bits per heavy atom. The van der Waals surface area contributed by atoms with Crippen molar-refractivity contribution in [1.82, 2.24) is 19.7 Å². The van der Waals surface area contributed by atoms with Crippen molar-refractivity contribution in [3.63, 3.8) is 0 Å². The molecule has 3 rings (SSSR count). The predicted molar refractivity (Wildman–Crippen MR) is 92.5 cm³/mol. The van der Waals surface area contributed by atoms with E-state index >= 15 is 0 Å². The van der Waals surface area contributed by atoms with Gasteiger partial charge in [0.15, 0.2) is 0 Å². The van der Waals surface area contributed by atoms with E-state index in [2.05, 4.69) is 10.1 Å². The molecule has 2 aromatic rings. The average molecular weight is 344 g/mol. The largest absolute Gasteiger partial charge is 0.490 e. The molecule has 7 nitrogen and oxygen atoms in total. The second-order valence-corrected chi connectivity index (χ2v) is 5.96. The van der Waals surface area contributed by atoms with Gasteiger partial charge in [-0.2, -0.15) is 5.10 Å². The Kier molecular flexibility index (Phi) is 6.00. The Hall–Kier alpha value is -2.41. The lowest BCUT2D eigenvalue weighted by atomic mass is 10.1. The van der Waals surface area contributed by atoms with Crippen molar-refractivity contribution in [2.24, 2.45) is 0 Å². The summed E-state index contributed by atoms with van der Waals surface area (Å²) in [5, 5.41) is 4.28. The molecule has 1 aliphatic rings. The number of pyridine rings is 1. The zero-order valence-electron chi connectivity index (χ0n) is 14.5. The van der Waals surface area contributed by atoms with Crippen molar-refractivity contribution >= 4 is 5.91 Å². The number of piperidine rings is 1. The van der Waals surface area contributed by atoms with Crippen LogP contribution in [0.15, 0.2) is 36.8 Å². The summed E-state index contributed by atoms with van der Waals surface area (Å²) in [5.41, 5.74) is 0.520. The van der Waals surface area contributed by atoms with Crippen LogP contribution < -0.4 is 4.74 Å². The third-order valence-electron chi connectivity index (χ3n) is 4.25. The number of hydrogen-bond acceptors (Lipinski definition) is 5. The molecule has 7 heteroatoms. The van der Waals surface area contributed by atoms with Crippen molar-refractivity contribution in [2.75, 3.05) is 26.3 Å². The van der Waals surface area contributed by atoms with Crippen LogP contribution in [0.1, 0.15) is 30.3 Å². The van der Waals surface area contributed by atoms with Gasteiger partial charge in [0.25, 0.3) is 5.91 Å². The van der Waals surface area contributed by atoms with E-state index in [1.54, 1.807) is 23.1 Å². The number of carbonyl (C=O) groups excluding carboxylic acids is 1. The minimum absolute atomic E-state index is 0.00515. The number of nitrogens with zero attached hydrogens (tertiary/aromatic N) is 4. The van der Waals surface area contributed by atoms with Gasteiger partial charge in [0, 0.05) is 32.0 Å². The topological polar surface area (TPSA) is 69.5 Å². The van der Waals surface area contributed by atoms with Crippen LogP contribution in [0.2, 0.25) is 0 Å². The molecule has 134 valence electrons. The summed E-state index contributed by atoms with van der Waals surface area (Å²) in [6, 6.07) is 5.49. The molecule has 1 saturated heterocycles. The van der Waals surface area contributed by atoms with E-state index in [9.17, 15) is 4.79 Å². The molecule has 0 aromatic carbocycles. The second-order valence-electron chi connectivity index (χ2n) is 5.96. The highest BCUT2D eigenvalue weighted by atomic mass is 16.5. The minimum atomic E-state index is 0.00515.